The second kappa shape index (κ2) is 7.41. The fourth-order valence-electron chi connectivity index (χ4n) is 4.22. The van der Waals surface area contributed by atoms with Crippen molar-refractivity contribution in [1.29, 1.82) is 5.26 Å². The van der Waals surface area contributed by atoms with Crippen LogP contribution in [0.5, 0.6) is 5.75 Å². The van der Waals surface area contributed by atoms with Crippen LogP contribution in [0.4, 0.5) is 22.0 Å². The maximum absolute atomic E-state index is 14.4. The first-order valence-electron chi connectivity index (χ1n) is 9.54. The molecule has 168 valence electrons. The fourth-order valence-corrected chi connectivity index (χ4v) is 4.22. The van der Waals surface area contributed by atoms with Crippen molar-refractivity contribution < 1.29 is 31.4 Å². The lowest BCUT2D eigenvalue weighted by Gasteiger charge is -2.32. The molecule has 1 aromatic carbocycles. The lowest BCUT2D eigenvalue weighted by Crippen LogP contribution is -2.46. The zero-order valence-electron chi connectivity index (χ0n) is 17.1. The number of imidazole rings is 1. The molecule has 3 heterocycles. The van der Waals surface area contributed by atoms with Crippen LogP contribution >= 0.6 is 0 Å². The number of nitrogens with zero attached hydrogens (tertiary/aromatic N) is 3. The summed E-state index contributed by atoms with van der Waals surface area (Å²) in [5.41, 5.74) is -2.09. The van der Waals surface area contributed by atoms with Crippen molar-refractivity contribution >= 4 is 11.0 Å². The minimum absolute atomic E-state index is 0.00103. The zero-order chi connectivity index (χ0) is 23.4. The molecule has 0 aliphatic carbocycles. The van der Waals surface area contributed by atoms with Gasteiger partial charge in [-0.1, -0.05) is 13.0 Å². The molecular weight excluding hydrogens is 435 g/mol. The van der Waals surface area contributed by atoms with Crippen LogP contribution < -0.4 is 4.74 Å². The standard InChI is InChI=1S/C21H17F5N4O2/c1-9-14(10-4-5-11(22)15(23)17(10)31-3)18(32-20(9,2)21(24,25)26)19-29-12-6-7-28-13(8-27)16(12)30-19/h4-7,9,14,18H,1-3H3,(H,29,30)/t9-,14-,18+,20+/m0/s1. The number of halogens is 5. The molecule has 1 aliphatic rings. The molecule has 11 heteroatoms. The van der Waals surface area contributed by atoms with Crippen LogP contribution in [0.25, 0.3) is 11.0 Å². The number of benzene rings is 1. The molecule has 1 N–H and O–H groups in total. The van der Waals surface area contributed by atoms with Crippen molar-refractivity contribution in [2.24, 2.45) is 5.92 Å². The topological polar surface area (TPSA) is 83.8 Å². The van der Waals surface area contributed by atoms with Gasteiger partial charge in [-0.2, -0.15) is 22.8 Å². The number of nitriles is 1. The summed E-state index contributed by atoms with van der Waals surface area (Å²) in [6, 6.07) is 5.40. The van der Waals surface area contributed by atoms with Crippen LogP contribution in [0.15, 0.2) is 24.4 Å². The van der Waals surface area contributed by atoms with Crippen molar-refractivity contribution in [2.75, 3.05) is 7.11 Å². The summed E-state index contributed by atoms with van der Waals surface area (Å²) < 4.78 is 80.9. The van der Waals surface area contributed by atoms with Gasteiger partial charge in [0, 0.05) is 23.6 Å². The summed E-state index contributed by atoms with van der Waals surface area (Å²) in [6.07, 6.45) is -4.73. The van der Waals surface area contributed by atoms with Crippen LogP contribution in [0.2, 0.25) is 0 Å². The van der Waals surface area contributed by atoms with E-state index < -0.39 is 47.1 Å². The van der Waals surface area contributed by atoms with Gasteiger partial charge in [0.2, 0.25) is 5.82 Å². The SMILES string of the molecule is COc1c([C@H]2[C@H](c3nc4c(C#N)nccc4[nH]3)O[C@@](C)(C(F)(F)F)[C@H]2C)ccc(F)c1F. The van der Waals surface area contributed by atoms with Gasteiger partial charge in [0.15, 0.2) is 22.9 Å². The summed E-state index contributed by atoms with van der Waals surface area (Å²) in [7, 11) is 1.10. The fraction of sp³-hybridized carbons (Fsp3) is 0.381. The van der Waals surface area contributed by atoms with E-state index in [1.54, 1.807) is 0 Å². The number of aromatic nitrogens is 3. The molecule has 32 heavy (non-hydrogen) atoms. The van der Waals surface area contributed by atoms with Gasteiger partial charge in [-0.15, -0.1) is 0 Å². The van der Waals surface area contributed by atoms with E-state index in [1.165, 1.54) is 25.3 Å². The highest BCUT2D eigenvalue weighted by atomic mass is 19.4. The number of pyridine rings is 1. The minimum Gasteiger partial charge on any atom is -0.493 e. The van der Waals surface area contributed by atoms with Crippen LogP contribution in [0.3, 0.4) is 0 Å². The minimum atomic E-state index is -4.77. The summed E-state index contributed by atoms with van der Waals surface area (Å²) >= 11 is 0. The molecule has 1 fully saturated rings. The van der Waals surface area contributed by atoms with E-state index >= 15 is 0 Å². The van der Waals surface area contributed by atoms with E-state index in [0.717, 1.165) is 20.1 Å². The van der Waals surface area contributed by atoms with E-state index in [-0.39, 0.29) is 22.6 Å². The summed E-state index contributed by atoms with van der Waals surface area (Å²) in [6.45, 7) is 2.23. The average molecular weight is 452 g/mol. The Morgan fingerprint density at radius 1 is 1.25 bits per heavy atom. The van der Waals surface area contributed by atoms with Gasteiger partial charge in [0.05, 0.1) is 12.6 Å². The Kier molecular flexibility index (Phi) is 5.08. The molecule has 4 rings (SSSR count). The number of rotatable bonds is 3. The number of alkyl halides is 3. The van der Waals surface area contributed by atoms with Crippen LogP contribution in [-0.2, 0) is 4.74 Å². The predicted octanol–water partition coefficient (Wildman–Crippen LogP) is 4.93. The highest BCUT2D eigenvalue weighted by Crippen LogP contribution is 2.59. The van der Waals surface area contributed by atoms with Crippen LogP contribution in [0, 0.1) is 28.9 Å². The van der Waals surface area contributed by atoms with Gasteiger partial charge in [-0.25, -0.2) is 14.4 Å². The Bertz CT molecular complexity index is 1240. The Morgan fingerprint density at radius 2 is 1.97 bits per heavy atom. The summed E-state index contributed by atoms with van der Waals surface area (Å²) in [4.78, 5) is 11.1. The Balaban J connectivity index is 1.94. The third-order valence-corrected chi connectivity index (χ3v) is 6.11. The number of methoxy groups -OCH3 is 1. The third kappa shape index (κ3) is 3.09. The van der Waals surface area contributed by atoms with Gasteiger partial charge in [-0.3, -0.25) is 0 Å². The molecular formula is C21H17F5N4O2. The Morgan fingerprint density at radius 3 is 2.59 bits per heavy atom. The van der Waals surface area contributed by atoms with Crippen molar-refractivity contribution in [3.8, 4) is 11.8 Å². The first kappa shape index (κ1) is 22.0. The highest BCUT2D eigenvalue weighted by molar-refractivity contribution is 5.79. The first-order chi connectivity index (χ1) is 15.0. The number of ether oxygens (including phenoxy) is 2. The van der Waals surface area contributed by atoms with Crippen LogP contribution in [0.1, 0.15) is 43.0 Å². The normalized spacial score (nSPS) is 25.8. The Hall–Kier alpha value is -3.26. The second-order valence-corrected chi connectivity index (χ2v) is 7.73. The van der Waals surface area contributed by atoms with Crippen molar-refractivity contribution in [3.63, 3.8) is 0 Å². The molecule has 4 atom stereocenters. The van der Waals surface area contributed by atoms with Crippen molar-refractivity contribution in [1.82, 2.24) is 15.0 Å². The average Bonchev–Trinajstić information content (AvgIpc) is 3.29. The maximum atomic E-state index is 14.4. The molecule has 3 aromatic rings. The predicted molar refractivity (Wildman–Crippen MR) is 102 cm³/mol. The quantitative estimate of drug-likeness (QED) is 0.570. The molecule has 0 amide bonds. The van der Waals surface area contributed by atoms with E-state index in [9.17, 15) is 27.2 Å². The van der Waals surface area contributed by atoms with Crippen molar-refractivity contribution in [3.05, 3.63) is 53.1 Å². The molecule has 0 bridgehead atoms. The van der Waals surface area contributed by atoms with Gasteiger partial charge in [0.25, 0.3) is 0 Å². The van der Waals surface area contributed by atoms with E-state index in [1.807, 2.05) is 6.07 Å². The molecule has 6 nitrogen and oxygen atoms in total. The molecule has 0 unspecified atom stereocenters. The molecule has 0 spiro atoms. The van der Waals surface area contributed by atoms with Gasteiger partial charge >= 0.3 is 6.18 Å². The monoisotopic (exact) mass is 452 g/mol. The summed E-state index contributed by atoms with van der Waals surface area (Å²) in [5, 5.41) is 9.26. The van der Waals surface area contributed by atoms with Gasteiger partial charge in [-0.05, 0) is 19.1 Å². The number of H-pyrrole nitrogens is 1. The number of hydrogen-bond donors (Lipinski definition) is 1. The summed E-state index contributed by atoms with van der Waals surface area (Å²) in [5.74, 6) is -5.34. The van der Waals surface area contributed by atoms with Gasteiger partial charge in [0.1, 0.15) is 23.5 Å². The number of hydrogen-bond acceptors (Lipinski definition) is 5. The molecule has 0 saturated carbocycles. The zero-order valence-corrected chi connectivity index (χ0v) is 17.1. The first-order valence-corrected chi connectivity index (χ1v) is 9.54. The van der Waals surface area contributed by atoms with E-state index in [4.69, 9.17) is 9.47 Å². The maximum Gasteiger partial charge on any atom is 0.417 e. The smallest absolute Gasteiger partial charge is 0.417 e. The lowest BCUT2D eigenvalue weighted by atomic mass is 9.77. The number of fused-ring (bicyclic) bond motifs is 1. The number of nitrogens with one attached hydrogen (secondary N) is 1. The lowest BCUT2D eigenvalue weighted by molar-refractivity contribution is -0.275. The molecule has 0 radical (unpaired) electrons. The second-order valence-electron chi connectivity index (χ2n) is 7.73. The van der Waals surface area contributed by atoms with Gasteiger partial charge < -0.3 is 14.5 Å². The highest BCUT2D eigenvalue weighted by Gasteiger charge is 2.65. The third-order valence-electron chi connectivity index (χ3n) is 6.11. The van der Waals surface area contributed by atoms with E-state index in [0.29, 0.717) is 5.52 Å². The van der Waals surface area contributed by atoms with Crippen molar-refractivity contribution in [2.45, 2.75) is 37.6 Å². The molecule has 1 saturated heterocycles. The largest absolute Gasteiger partial charge is 0.493 e. The van der Waals surface area contributed by atoms with E-state index in [2.05, 4.69) is 15.0 Å². The van der Waals surface area contributed by atoms with Crippen LogP contribution in [-0.4, -0.2) is 33.8 Å². The Labute approximate surface area is 179 Å². The molecule has 1 aliphatic heterocycles. The number of aromatic amines is 1. The molecule has 2 aromatic heterocycles.